The van der Waals surface area contributed by atoms with Gasteiger partial charge < -0.3 is 14.8 Å². The van der Waals surface area contributed by atoms with Gasteiger partial charge in [-0.3, -0.25) is 4.79 Å². The van der Waals surface area contributed by atoms with E-state index in [-0.39, 0.29) is 11.7 Å². The third-order valence-electron chi connectivity index (χ3n) is 3.24. The van der Waals surface area contributed by atoms with Gasteiger partial charge >= 0.3 is 0 Å². The molecule has 3 rings (SSSR count). The average molecular weight is 396 g/mol. The number of thiazole rings is 1. The van der Waals surface area contributed by atoms with E-state index in [1.54, 1.807) is 44.7 Å². The van der Waals surface area contributed by atoms with Crippen LogP contribution in [-0.4, -0.2) is 35.8 Å². The Labute approximate surface area is 157 Å². The van der Waals surface area contributed by atoms with Gasteiger partial charge in [0.15, 0.2) is 15.8 Å². The Hall–Kier alpha value is -2.03. The Kier molecular flexibility index (Phi) is 5.62. The molecular weight excluding hydrogens is 382 g/mol. The molecule has 0 aliphatic heterocycles. The van der Waals surface area contributed by atoms with Crippen molar-refractivity contribution < 1.29 is 14.3 Å². The van der Waals surface area contributed by atoms with Crippen molar-refractivity contribution in [2.24, 2.45) is 0 Å². The highest BCUT2D eigenvalue weighted by Crippen LogP contribution is 2.33. The zero-order chi connectivity index (χ0) is 17.8. The molecule has 0 fully saturated rings. The molecule has 0 atom stereocenters. The van der Waals surface area contributed by atoms with Gasteiger partial charge in [0, 0.05) is 18.0 Å². The molecule has 1 amide bonds. The number of hydrogen-bond donors (Lipinski definition) is 1. The lowest BCUT2D eigenvalue weighted by Gasteiger charge is -2.10. The molecule has 25 heavy (non-hydrogen) atoms. The molecular formula is C16H14ClN3O3S2. The number of carbonyl (C=O) groups is 1. The summed E-state index contributed by atoms with van der Waals surface area (Å²) < 4.78 is 12.0. The lowest BCUT2D eigenvalue weighted by atomic mass is 10.2. The minimum atomic E-state index is -0.138. The van der Waals surface area contributed by atoms with Crippen LogP contribution in [-0.2, 0) is 4.79 Å². The molecule has 2 aromatic heterocycles. The summed E-state index contributed by atoms with van der Waals surface area (Å²) in [4.78, 5) is 20.6. The zero-order valence-electron chi connectivity index (χ0n) is 13.4. The third kappa shape index (κ3) is 4.15. The lowest BCUT2D eigenvalue weighted by Crippen LogP contribution is -2.14. The number of halogens is 1. The number of nitrogens with one attached hydrogen (secondary N) is 1. The van der Waals surface area contributed by atoms with E-state index in [2.05, 4.69) is 15.3 Å². The molecule has 0 aliphatic carbocycles. The Morgan fingerprint density at radius 3 is 2.80 bits per heavy atom. The minimum absolute atomic E-state index is 0.138. The molecule has 0 aliphatic rings. The summed E-state index contributed by atoms with van der Waals surface area (Å²) in [6.07, 6.45) is 1.61. The number of hydrogen-bond acceptors (Lipinski definition) is 7. The first-order valence-electron chi connectivity index (χ1n) is 7.16. The highest BCUT2D eigenvalue weighted by Gasteiger charge is 2.11. The van der Waals surface area contributed by atoms with Crippen LogP contribution in [0.2, 0.25) is 5.15 Å². The summed E-state index contributed by atoms with van der Waals surface area (Å²) >= 11 is 8.82. The number of aromatic nitrogens is 2. The number of methoxy groups -OCH3 is 2. The summed E-state index contributed by atoms with van der Waals surface area (Å²) in [6.45, 7) is 0. The van der Waals surface area contributed by atoms with Gasteiger partial charge in [0.2, 0.25) is 5.91 Å². The fourth-order valence-corrected chi connectivity index (χ4v) is 4.20. The first-order chi connectivity index (χ1) is 12.1. The first kappa shape index (κ1) is 17.8. The van der Waals surface area contributed by atoms with Crippen LogP contribution in [0.4, 0.5) is 5.69 Å². The molecule has 6 nitrogen and oxygen atoms in total. The number of ether oxygens (including phenoxy) is 2. The highest BCUT2D eigenvalue weighted by atomic mass is 35.5. The number of nitrogens with zero attached hydrogens (tertiary/aromatic N) is 2. The molecule has 1 N–H and O–H groups in total. The molecule has 0 saturated heterocycles. The van der Waals surface area contributed by atoms with Crippen molar-refractivity contribution in [2.75, 3.05) is 25.3 Å². The SMILES string of the molecule is COc1ccc(NC(=O)CSc2nc3ccnc(Cl)c3s2)cc1OC. The summed E-state index contributed by atoms with van der Waals surface area (Å²) in [5.74, 6) is 1.26. The van der Waals surface area contributed by atoms with Crippen LogP contribution in [0.3, 0.4) is 0 Å². The maximum Gasteiger partial charge on any atom is 0.234 e. The lowest BCUT2D eigenvalue weighted by molar-refractivity contribution is -0.113. The van der Waals surface area contributed by atoms with E-state index in [0.29, 0.717) is 22.3 Å². The van der Waals surface area contributed by atoms with Crippen LogP contribution in [0.1, 0.15) is 0 Å². The standard InChI is InChI=1S/C16H14ClN3O3S2/c1-22-11-4-3-9(7-12(11)23-2)19-13(21)8-24-16-20-10-5-6-18-15(17)14(10)25-16/h3-7H,8H2,1-2H3,(H,19,21). The number of pyridine rings is 1. The monoisotopic (exact) mass is 395 g/mol. The number of carbonyl (C=O) groups excluding carboxylic acids is 1. The second-order valence-electron chi connectivity index (χ2n) is 4.84. The maximum atomic E-state index is 12.2. The van der Waals surface area contributed by atoms with E-state index in [4.69, 9.17) is 21.1 Å². The van der Waals surface area contributed by atoms with Gasteiger partial charge in [-0.1, -0.05) is 23.4 Å². The van der Waals surface area contributed by atoms with Crippen molar-refractivity contribution >= 4 is 56.5 Å². The van der Waals surface area contributed by atoms with Crippen LogP contribution in [0.25, 0.3) is 10.2 Å². The van der Waals surface area contributed by atoms with Crippen LogP contribution in [0.5, 0.6) is 11.5 Å². The normalized spacial score (nSPS) is 10.7. The first-order valence-corrected chi connectivity index (χ1v) is 9.34. The van der Waals surface area contributed by atoms with Crippen molar-refractivity contribution in [3.8, 4) is 11.5 Å². The molecule has 2 heterocycles. The van der Waals surface area contributed by atoms with Gasteiger partial charge in [0.05, 0.1) is 30.2 Å². The quantitative estimate of drug-likeness (QED) is 0.500. The van der Waals surface area contributed by atoms with E-state index in [1.807, 2.05) is 0 Å². The molecule has 0 unspecified atom stereocenters. The summed E-state index contributed by atoms with van der Waals surface area (Å²) in [7, 11) is 3.11. The van der Waals surface area contributed by atoms with E-state index >= 15 is 0 Å². The number of anilines is 1. The van der Waals surface area contributed by atoms with Crippen molar-refractivity contribution in [1.29, 1.82) is 0 Å². The number of amides is 1. The number of benzene rings is 1. The zero-order valence-corrected chi connectivity index (χ0v) is 15.8. The van der Waals surface area contributed by atoms with Gasteiger partial charge in [-0.15, -0.1) is 11.3 Å². The van der Waals surface area contributed by atoms with Gasteiger partial charge in [0.25, 0.3) is 0 Å². The number of rotatable bonds is 6. The van der Waals surface area contributed by atoms with Gasteiger partial charge in [-0.05, 0) is 18.2 Å². The fraction of sp³-hybridized carbons (Fsp3) is 0.188. The largest absolute Gasteiger partial charge is 0.493 e. The van der Waals surface area contributed by atoms with Gasteiger partial charge in [-0.2, -0.15) is 0 Å². The van der Waals surface area contributed by atoms with E-state index in [9.17, 15) is 4.79 Å². The summed E-state index contributed by atoms with van der Waals surface area (Å²) in [5.41, 5.74) is 1.42. The van der Waals surface area contributed by atoms with E-state index in [0.717, 1.165) is 14.6 Å². The topological polar surface area (TPSA) is 73.3 Å². The van der Waals surface area contributed by atoms with Crippen molar-refractivity contribution in [2.45, 2.75) is 4.34 Å². The Morgan fingerprint density at radius 2 is 2.08 bits per heavy atom. The minimum Gasteiger partial charge on any atom is -0.493 e. The molecule has 1 aromatic carbocycles. The van der Waals surface area contributed by atoms with Crippen LogP contribution in [0.15, 0.2) is 34.8 Å². The van der Waals surface area contributed by atoms with E-state index < -0.39 is 0 Å². The van der Waals surface area contributed by atoms with E-state index in [1.165, 1.54) is 23.1 Å². The second kappa shape index (κ2) is 7.90. The second-order valence-corrected chi connectivity index (χ2v) is 7.42. The number of thioether (sulfide) groups is 1. The molecule has 0 spiro atoms. The molecule has 9 heteroatoms. The molecule has 130 valence electrons. The van der Waals surface area contributed by atoms with Crippen molar-refractivity contribution in [3.05, 3.63) is 35.6 Å². The van der Waals surface area contributed by atoms with Crippen LogP contribution >= 0.6 is 34.7 Å². The molecule has 0 bridgehead atoms. The number of fused-ring (bicyclic) bond motifs is 1. The van der Waals surface area contributed by atoms with Gasteiger partial charge in [-0.25, -0.2) is 9.97 Å². The molecule has 0 radical (unpaired) electrons. The van der Waals surface area contributed by atoms with Crippen molar-refractivity contribution in [3.63, 3.8) is 0 Å². The average Bonchev–Trinajstić information content (AvgIpc) is 3.04. The van der Waals surface area contributed by atoms with Crippen LogP contribution in [0, 0.1) is 0 Å². The van der Waals surface area contributed by atoms with Crippen molar-refractivity contribution in [1.82, 2.24) is 9.97 Å². The molecule has 3 aromatic rings. The fourth-order valence-electron chi connectivity index (χ4n) is 2.10. The molecule has 0 saturated carbocycles. The predicted molar refractivity (Wildman–Crippen MR) is 101 cm³/mol. The smallest absolute Gasteiger partial charge is 0.234 e. The Morgan fingerprint density at radius 1 is 1.28 bits per heavy atom. The summed E-state index contributed by atoms with van der Waals surface area (Å²) in [6, 6.07) is 7.01. The summed E-state index contributed by atoms with van der Waals surface area (Å²) in [5, 5.41) is 3.25. The Balaban J connectivity index is 1.63. The predicted octanol–water partition coefficient (Wildman–Crippen LogP) is 4.09. The van der Waals surface area contributed by atoms with Crippen LogP contribution < -0.4 is 14.8 Å². The maximum absolute atomic E-state index is 12.2. The van der Waals surface area contributed by atoms with Gasteiger partial charge in [0.1, 0.15) is 5.15 Å². The third-order valence-corrected chi connectivity index (χ3v) is 5.85. The highest BCUT2D eigenvalue weighted by molar-refractivity contribution is 8.01. The Bertz CT molecular complexity index is 917.